The maximum atomic E-state index is 12.9. The van der Waals surface area contributed by atoms with Crippen LogP contribution in [0.3, 0.4) is 0 Å². The molecule has 0 unspecified atom stereocenters. The van der Waals surface area contributed by atoms with E-state index < -0.39 is 0 Å². The smallest absolute Gasteiger partial charge is 0.253 e. The fraction of sp³-hybridized carbons (Fsp3) is 0.360. The van der Waals surface area contributed by atoms with Gasteiger partial charge in [-0.3, -0.25) is 14.8 Å². The Labute approximate surface area is 178 Å². The molecule has 1 aliphatic rings. The summed E-state index contributed by atoms with van der Waals surface area (Å²) in [6.07, 6.45) is 5.15. The van der Waals surface area contributed by atoms with Crippen molar-refractivity contribution in [3.8, 4) is 0 Å². The lowest BCUT2D eigenvalue weighted by Crippen LogP contribution is -2.55. The van der Waals surface area contributed by atoms with Crippen LogP contribution in [0.5, 0.6) is 0 Å². The molecule has 2 heterocycles. The summed E-state index contributed by atoms with van der Waals surface area (Å²) in [7, 11) is 0. The maximum Gasteiger partial charge on any atom is 0.253 e. The van der Waals surface area contributed by atoms with E-state index >= 15 is 0 Å². The van der Waals surface area contributed by atoms with Gasteiger partial charge in [0.25, 0.3) is 5.91 Å². The van der Waals surface area contributed by atoms with Gasteiger partial charge in [0.15, 0.2) is 0 Å². The zero-order valence-electron chi connectivity index (χ0n) is 18.1. The molecule has 0 aliphatic carbocycles. The predicted molar refractivity (Wildman–Crippen MR) is 123 cm³/mol. The third-order valence-electron chi connectivity index (χ3n) is 6.38. The Morgan fingerprint density at radius 2 is 1.73 bits per heavy atom. The molecule has 0 radical (unpaired) electrons. The summed E-state index contributed by atoms with van der Waals surface area (Å²) < 4.78 is 0. The summed E-state index contributed by atoms with van der Waals surface area (Å²) in [6, 6.07) is 15.9. The van der Waals surface area contributed by atoms with Crippen LogP contribution in [0.1, 0.15) is 48.8 Å². The summed E-state index contributed by atoms with van der Waals surface area (Å²) in [5.74, 6) is 0.123. The van der Waals surface area contributed by atoms with Gasteiger partial charge in [-0.25, -0.2) is 0 Å². The number of carbonyl (C=O) groups is 1. The van der Waals surface area contributed by atoms with Crippen molar-refractivity contribution < 1.29 is 4.79 Å². The fourth-order valence-corrected chi connectivity index (χ4v) is 3.94. The van der Waals surface area contributed by atoms with E-state index in [4.69, 9.17) is 0 Å². The number of carbonyl (C=O) groups excluding carboxylic acids is 1. The Balaban J connectivity index is 1.39. The van der Waals surface area contributed by atoms with E-state index in [0.29, 0.717) is 0 Å². The van der Waals surface area contributed by atoms with Crippen molar-refractivity contribution in [2.24, 2.45) is 0 Å². The van der Waals surface area contributed by atoms with Crippen molar-refractivity contribution in [1.29, 1.82) is 0 Å². The first-order valence-corrected chi connectivity index (χ1v) is 10.7. The van der Waals surface area contributed by atoms with Crippen molar-refractivity contribution in [2.75, 3.05) is 26.2 Å². The highest BCUT2D eigenvalue weighted by molar-refractivity contribution is 5.95. The Morgan fingerprint density at radius 1 is 1.03 bits per heavy atom. The van der Waals surface area contributed by atoms with Crippen LogP contribution in [-0.2, 0) is 0 Å². The molecule has 5 nitrogen and oxygen atoms in total. The number of aromatic nitrogens is 2. The first-order valence-electron chi connectivity index (χ1n) is 10.7. The number of fused-ring (bicyclic) bond motifs is 1. The number of piperazine rings is 1. The summed E-state index contributed by atoms with van der Waals surface area (Å²) >= 11 is 0. The highest BCUT2D eigenvalue weighted by Gasteiger charge is 2.30. The van der Waals surface area contributed by atoms with Crippen molar-refractivity contribution in [2.45, 2.75) is 32.7 Å². The molecule has 2 aromatic carbocycles. The predicted octanol–water partition coefficient (Wildman–Crippen LogP) is 4.68. The highest BCUT2D eigenvalue weighted by atomic mass is 16.2. The standard InChI is InChI=1S/C25H30N4O/c1-4-25(2,3)29-17-15-28(16-18-29)24(30)20-12-9-19(10-13-20)11-14-23-21-7-5-6-8-22(21)26-27-23/h5-14H,4,15-18H2,1-3H3,(H,26,27)/b14-11+. The third-order valence-corrected chi connectivity index (χ3v) is 6.38. The van der Waals surface area contributed by atoms with Crippen molar-refractivity contribution >= 4 is 29.0 Å². The average molecular weight is 403 g/mol. The van der Waals surface area contributed by atoms with Crippen molar-refractivity contribution in [1.82, 2.24) is 20.0 Å². The van der Waals surface area contributed by atoms with Gasteiger partial charge in [-0.2, -0.15) is 5.10 Å². The lowest BCUT2D eigenvalue weighted by molar-refractivity contribution is 0.0390. The zero-order chi connectivity index (χ0) is 21.1. The number of hydrogen-bond donors (Lipinski definition) is 1. The summed E-state index contributed by atoms with van der Waals surface area (Å²) in [5, 5.41) is 8.52. The number of hydrogen-bond acceptors (Lipinski definition) is 3. The molecule has 156 valence electrons. The molecule has 1 amide bonds. The lowest BCUT2D eigenvalue weighted by Gasteiger charge is -2.43. The Hall–Kier alpha value is -2.92. The summed E-state index contributed by atoms with van der Waals surface area (Å²) in [4.78, 5) is 17.4. The molecule has 1 fully saturated rings. The van der Waals surface area contributed by atoms with Gasteiger partial charge < -0.3 is 4.90 Å². The van der Waals surface area contributed by atoms with Gasteiger partial charge >= 0.3 is 0 Å². The minimum Gasteiger partial charge on any atom is -0.336 e. The van der Waals surface area contributed by atoms with E-state index in [1.165, 1.54) is 0 Å². The monoisotopic (exact) mass is 402 g/mol. The molecular formula is C25H30N4O. The largest absolute Gasteiger partial charge is 0.336 e. The van der Waals surface area contributed by atoms with Crippen LogP contribution in [0.4, 0.5) is 0 Å². The van der Waals surface area contributed by atoms with Crippen LogP contribution in [0, 0.1) is 0 Å². The van der Waals surface area contributed by atoms with Crippen LogP contribution >= 0.6 is 0 Å². The number of rotatable bonds is 5. The number of aromatic amines is 1. The van der Waals surface area contributed by atoms with Crippen molar-refractivity contribution in [3.05, 3.63) is 65.4 Å². The molecule has 1 aromatic heterocycles. The molecule has 0 bridgehead atoms. The summed E-state index contributed by atoms with van der Waals surface area (Å²) in [6.45, 7) is 10.2. The number of H-pyrrole nitrogens is 1. The van der Waals surface area contributed by atoms with Crippen molar-refractivity contribution in [3.63, 3.8) is 0 Å². The van der Waals surface area contributed by atoms with Gasteiger partial charge in [-0.15, -0.1) is 0 Å². The van der Waals surface area contributed by atoms with Crippen LogP contribution in [0.15, 0.2) is 48.5 Å². The van der Waals surface area contributed by atoms with Crippen LogP contribution < -0.4 is 0 Å². The van der Waals surface area contributed by atoms with Gasteiger partial charge in [0, 0.05) is 42.7 Å². The molecule has 1 aliphatic heterocycles. The molecule has 5 heteroatoms. The number of benzene rings is 2. The van der Waals surface area contributed by atoms with E-state index in [1.807, 2.05) is 59.5 Å². The molecule has 0 atom stereocenters. The van der Waals surface area contributed by atoms with Gasteiger partial charge in [-0.1, -0.05) is 43.3 Å². The number of para-hydroxylation sites is 1. The Morgan fingerprint density at radius 3 is 2.43 bits per heavy atom. The van der Waals surface area contributed by atoms with E-state index in [1.54, 1.807) is 0 Å². The van der Waals surface area contributed by atoms with E-state index in [9.17, 15) is 4.79 Å². The Kier molecular flexibility index (Phi) is 5.73. The van der Waals surface area contributed by atoms with Crippen LogP contribution in [0.2, 0.25) is 0 Å². The maximum absolute atomic E-state index is 12.9. The quantitative estimate of drug-likeness (QED) is 0.674. The van der Waals surface area contributed by atoms with Gasteiger partial charge in [0.05, 0.1) is 11.2 Å². The second-order valence-corrected chi connectivity index (χ2v) is 8.56. The minimum atomic E-state index is 0.123. The molecule has 1 saturated heterocycles. The zero-order valence-corrected chi connectivity index (χ0v) is 18.1. The first-order chi connectivity index (χ1) is 14.5. The fourth-order valence-electron chi connectivity index (χ4n) is 3.94. The van der Waals surface area contributed by atoms with Crippen LogP contribution in [0.25, 0.3) is 23.1 Å². The van der Waals surface area contributed by atoms with E-state index in [-0.39, 0.29) is 11.4 Å². The van der Waals surface area contributed by atoms with E-state index in [0.717, 1.165) is 60.3 Å². The topological polar surface area (TPSA) is 52.2 Å². The average Bonchev–Trinajstić information content (AvgIpc) is 3.21. The molecule has 30 heavy (non-hydrogen) atoms. The number of amides is 1. The second-order valence-electron chi connectivity index (χ2n) is 8.56. The summed E-state index contributed by atoms with van der Waals surface area (Å²) in [5.41, 5.74) is 3.94. The SMILES string of the molecule is CCC(C)(C)N1CCN(C(=O)c2ccc(/C=C/c3n[nH]c4ccccc34)cc2)CC1. The van der Waals surface area contributed by atoms with Crippen LogP contribution in [-0.4, -0.2) is 57.6 Å². The highest BCUT2D eigenvalue weighted by Crippen LogP contribution is 2.21. The Bertz CT molecular complexity index is 1040. The van der Waals surface area contributed by atoms with Gasteiger partial charge in [0.1, 0.15) is 0 Å². The van der Waals surface area contributed by atoms with Gasteiger partial charge in [-0.05, 0) is 50.1 Å². The normalized spacial score (nSPS) is 15.9. The molecule has 4 rings (SSSR count). The number of nitrogens with zero attached hydrogens (tertiary/aromatic N) is 3. The molecular weight excluding hydrogens is 372 g/mol. The van der Waals surface area contributed by atoms with E-state index in [2.05, 4.69) is 41.9 Å². The molecule has 3 aromatic rings. The lowest BCUT2D eigenvalue weighted by atomic mass is 9.98. The van der Waals surface area contributed by atoms with Gasteiger partial charge in [0.2, 0.25) is 0 Å². The molecule has 0 saturated carbocycles. The third kappa shape index (κ3) is 4.17. The number of nitrogens with one attached hydrogen (secondary N) is 1. The molecule has 0 spiro atoms. The first kappa shape index (κ1) is 20.4. The molecule has 1 N–H and O–H groups in total. The minimum absolute atomic E-state index is 0.123. The second kappa shape index (κ2) is 8.44.